The SMILES string of the molecule is CCC(C)(OC(=O)Oc1ccccc1)B1OC(C)(C)C(C)(C)O1. The number of hydrogen-bond acceptors (Lipinski definition) is 5. The first kappa shape index (κ1) is 17.8. The zero-order valence-corrected chi connectivity index (χ0v) is 14.7. The molecule has 0 spiro atoms. The van der Waals surface area contributed by atoms with Crippen LogP contribution in [0.15, 0.2) is 30.3 Å². The molecular weight excluding hydrogens is 295 g/mol. The summed E-state index contributed by atoms with van der Waals surface area (Å²) in [6.07, 6.45) is -0.233. The Morgan fingerprint density at radius 3 is 2.13 bits per heavy atom. The zero-order valence-electron chi connectivity index (χ0n) is 14.7. The monoisotopic (exact) mass is 320 g/mol. The number of hydrogen-bond donors (Lipinski definition) is 0. The fourth-order valence-electron chi connectivity index (χ4n) is 2.18. The standard InChI is InChI=1S/C17H25BO5/c1-7-17(6,18-22-15(2,3)16(4,5)23-18)21-14(19)20-13-11-9-8-10-12-13/h8-12H,7H2,1-6H3. The summed E-state index contributed by atoms with van der Waals surface area (Å²) in [5.74, 6) is 0.435. The Morgan fingerprint density at radius 1 is 1.13 bits per heavy atom. The highest BCUT2D eigenvalue weighted by atomic mass is 16.8. The molecule has 23 heavy (non-hydrogen) atoms. The molecule has 1 aromatic rings. The van der Waals surface area contributed by atoms with E-state index < -0.39 is 30.0 Å². The van der Waals surface area contributed by atoms with Crippen LogP contribution >= 0.6 is 0 Å². The lowest BCUT2D eigenvalue weighted by molar-refractivity contribution is 0.00578. The van der Waals surface area contributed by atoms with E-state index in [4.69, 9.17) is 18.8 Å². The fraction of sp³-hybridized carbons (Fsp3) is 0.588. The van der Waals surface area contributed by atoms with Gasteiger partial charge in [0.05, 0.1) is 11.2 Å². The molecule has 2 rings (SSSR count). The number of ether oxygens (including phenoxy) is 2. The van der Waals surface area contributed by atoms with Gasteiger partial charge >= 0.3 is 13.3 Å². The zero-order chi connectivity index (χ0) is 17.3. The predicted molar refractivity (Wildman–Crippen MR) is 88.3 cm³/mol. The van der Waals surface area contributed by atoms with E-state index in [2.05, 4.69) is 0 Å². The van der Waals surface area contributed by atoms with Gasteiger partial charge < -0.3 is 18.8 Å². The third-order valence-corrected chi connectivity index (χ3v) is 4.71. The third kappa shape index (κ3) is 3.70. The summed E-state index contributed by atoms with van der Waals surface area (Å²) in [5, 5.41) is 0. The highest BCUT2D eigenvalue weighted by Crippen LogP contribution is 2.41. The summed E-state index contributed by atoms with van der Waals surface area (Å²) in [6.45, 7) is 11.6. The Morgan fingerprint density at radius 2 is 1.65 bits per heavy atom. The van der Waals surface area contributed by atoms with Crippen molar-refractivity contribution in [3.05, 3.63) is 30.3 Å². The quantitative estimate of drug-likeness (QED) is 0.477. The molecule has 1 unspecified atom stereocenters. The maximum absolute atomic E-state index is 12.1. The van der Waals surface area contributed by atoms with Gasteiger partial charge in [-0.15, -0.1) is 0 Å². The molecule has 0 amide bonds. The van der Waals surface area contributed by atoms with E-state index in [0.717, 1.165) is 0 Å². The van der Waals surface area contributed by atoms with E-state index in [1.54, 1.807) is 31.2 Å². The van der Waals surface area contributed by atoms with Crippen LogP contribution in [-0.4, -0.2) is 30.0 Å². The number of rotatable bonds is 4. The van der Waals surface area contributed by atoms with Gasteiger partial charge in [0.25, 0.3) is 0 Å². The van der Waals surface area contributed by atoms with Gasteiger partial charge in [-0.05, 0) is 53.2 Å². The molecule has 0 aliphatic carbocycles. The van der Waals surface area contributed by atoms with Crippen LogP contribution in [0.5, 0.6) is 5.75 Å². The summed E-state index contributed by atoms with van der Waals surface area (Å²) in [6, 6.07) is 8.81. The summed E-state index contributed by atoms with van der Waals surface area (Å²) in [7, 11) is -0.652. The molecule has 6 heteroatoms. The van der Waals surface area contributed by atoms with E-state index in [9.17, 15) is 4.79 Å². The lowest BCUT2D eigenvalue weighted by Crippen LogP contribution is -2.49. The molecule has 0 radical (unpaired) electrons. The molecule has 1 aliphatic heterocycles. The van der Waals surface area contributed by atoms with Crippen molar-refractivity contribution in [2.75, 3.05) is 0 Å². The maximum Gasteiger partial charge on any atom is 0.513 e. The highest BCUT2D eigenvalue weighted by molar-refractivity contribution is 6.49. The van der Waals surface area contributed by atoms with Crippen LogP contribution < -0.4 is 4.74 Å². The molecule has 1 heterocycles. The number of benzene rings is 1. The third-order valence-electron chi connectivity index (χ3n) is 4.71. The van der Waals surface area contributed by atoms with Crippen molar-refractivity contribution in [3.63, 3.8) is 0 Å². The molecule has 1 saturated heterocycles. The summed E-state index contributed by atoms with van der Waals surface area (Å²) in [4.78, 5) is 12.1. The molecule has 0 N–H and O–H groups in total. The molecule has 1 atom stereocenters. The minimum absolute atomic E-state index is 0.435. The van der Waals surface area contributed by atoms with Crippen LogP contribution in [0, 0.1) is 0 Å². The van der Waals surface area contributed by atoms with Crippen molar-refractivity contribution in [1.29, 1.82) is 0 Å². The maximum atomic E-state index is 12.1. The van der Waals surface area contributed by atoms with Gasteiger partial charge in [0.2, 0.25) is 0 Å². The van der Waals surface area contributed by atoms with Gasteiger partial charge in [0.15, 0.2) is 0 Å². The second kappa shape index (κ2) is 6.17. The van der Waals surface area contributed by atoms with Crippen LogP contribution in [0.4, 0.5) is 4.79 Å². The van der Waals surface area contributed by atoms with Crippen molar-refractivity contribution in [3.8, 4) is 5.75 Å². The van der Waals surface area contributed by atoms with E-state index in [-0.39, 0.29) is 0 Å². The van der Waals surface area contributed by atoms with Crippen LogP contribution in [0.2, 0.25) is 0 Å². The Labute approximate surface area is 138 Å². The van der Waals surface area contributed by atoms with E-state index in [0.29, 0.717) is 12.2 Å². The van der Waals surface area contributed by atoms with Crippen LogP contribution in [0.3, 0.4) is 0 Å². The van der Waals surface area contributed by atoms with Crippen molar-refractivity contribution < 1.29 is 23.6 Å². The molecule has 0 bridgehead atoms. The molecule has 1 aliphatic rings. The number of carbonyl (C=O) groups excluding carboxylic acids is 1. The first-order valence-corrected chi connectivity index (χ1v) is 7.91. The molecule has 5 nitrogen and oxygen atoms in total. The molecular formula is C17H25BO5. The molecule has 1 aromatic carbocycles. The van der Waals surface area contributed by atoms with Gasteiger partial charge in [0.1, 0.15) is 11.2 Å². The average molecular weight is 320 g/mol. The minimum Gasteiger partial charge on any atom is -0.430 e. The van der Waals surface area contributed by atoms with Crippen LogP contribution in [0.25, 0.3) is 0 Å². The second-order valence-corrected chi connectivity index (χ2v) is 7.02. The van der Waals surface area contributed by atoms with Gasteiger partial charge in [-0.25, -0.2) is 4.79 Å². The lowest BCUT2D eigenvalue weighted by atomic mass is 9.66. The van der Waals surface area contributed by atoms with Gasteiger partial charge in [-0.3, -0.25) is 0 Å². The van der Waals surface area contributed by atoms with E-state index >= 15 is 0 Å². The average Bonchev–Trinajstić information content (AvgIpc) is 2.68. The second-order valence-electron chi connectivity index (χ2n) is 7.02. The Kier molecular flexibility index (Phi) is 4.78. The van der Waals surface area contributed by atoms with Gasteiger partial charge in [-0.2, -0.15) is 0 Å². The number of carbonyl (C=O) groups is 1. The van der Waals surface area contributed by atoms with Crippen molar-refractivity contribution in [1.82, 2.24) is 0 Å². The Hall–Kier alpha value is -1.53. The van der Waals surface area contributed by atoms with E-state index in [1.807, 2.05) is 40.7 Å². The van der Waals surface area contributed by atoms with Gasteiger partial charge in [-0.1, -0.05) is 25.1 Å². The van der Waals surface area contributed by atoms with E-state index in [1.165, 1.54) is 0 Å². The predicted octanol–water partition coefficient (Wildman–Crippen LogP) is 4.00. The highest BCUT2D eigenvalue weighted by Gasteiger charge is 2.59. The van der Waals surface area contributed by atoms with Crippen molar-refractivity contribution in [2.24, 2.45) is 0 Å². The molecule has 126 valence electrons. The first-order valence-electron chi connectivity index (χ1n) is 7.91. The smallest absolute Gasteiger partial charge is 0.430 e. The topological polar surface area (TPSA) is 54.0 Å². The van der Waals surface area contributed by atoms with Crippen LogP contribution in [0.1, 0.15) is 48.0 Å². The molecule has 0 saturated carbocycles. The van der Waals surface area contributed by atoms with Crippen LogP contribution in [-0.2, 0) is 14.0 Å². The fourth-order valence-corrected chi connectivity index (χ4v) is 2.18. The van der Waals surface area contributed by atoms with Crippen molar-refractivity contribution >= 4 is 13.3 Å². The molecule has 0 aromatic heterocycles. The summed E-state index contributed by atoms with van der Waals surface area (Å²) in [5.41, 5.74) is -1.90. The normalized spacial score (nSPS) is 21.6. The van der Waals surface area contributed by atoms with Gasteiger partial charge in [0, 0.05) is 0 Å². The largest absolute Gasteiger partial charge is 0.513 e. The molecule has 1 fully saturated rings. The first-order chi connectivity index (χ1) is 10.6. The number of para-hydroxylation sites is 1. The Balaban J connectivity index is 2.08. The minimum atomic E-state index is -0.934. The Bertz CT molecular complexity index is 541. The van der Waals surface area contributed by atoms with Crippen molar-refractivity contribution in [2.45, 2.75) is 64.7 Å². The summed E-state index contributed by atoms with van der Waals surface area (Å²) >= 11 is 0. The lowest BCUT2D eigenvalue weighted by Gasteiger charge is -2.32. The summed E-state index contributed by atoms with van der Waals surface area (Å²) < 4.78 is 22.8.